The van der Waals surface area contributed by atoms with Gasteiger partial charge in [-0.15, -0.1) is 0 Å². The Labute approximate surface area is 139 Å². The lowest BCUT2D eigenvalue weighted by molar-refractivity contribution is 0.409. The van der Waals surface area contributed by atoms with Gasteiger partial charge in [0.2, 0.25) is 0 Å². The minimum absolute atomic E-state index is 0.591. The van der Waals surface area contributed by atoms with Crippen molar-refractivity contribution in [2.45, 2.75) is 38.1 Å². The van der Waals surface area contributed by atoms with E-state index in [1.807, 2.05) is 30.3 Å². The maximum Gasteiger partial charge on any atom is 0.0342 e. The first kappa shape index (κ1) is 15.4. The van der Waals surface area contributed by atoms with E-state index in [1.54, 1.807) is 0 Å². The van der Waals surface area contributed by atoms with Crippen molar-refractivity contribution >= 4 is 5.70 Å². The summed E-state index contributed by atoms with van der Waals surface area (Å²) in [4.78, 5) is 0. The number of hydrogen-bond donors (Lipinski definition) is 1. The van der Waals surface area contributed by atoms with Crippen LogP contribution in [0.2, 0.25) is 0 Å². The number of rotatable bonds is 3. The van der Waals surface area contributed by atoms with Gasteiger partial charge in [0.15, 0.2) is 0 Å². The molecule has 1 aliphatic rings. The van der Waals surface area contributed by atoms with Crippen molar-refractivity contribution in [1.82, 2.24) is 5.32 Å². The summed E-state index contributed by atoms with van der Waals surface area (Å²) < 4.78 is 0. The molecule has 0 amide bonds. The molecule has 0 bridgehead atoms. The smallest absolute Gasteiger partial charge is 0.0342 e. The molecule has 0 aromatic heterocycles. The Balaban J connectivity index is 1.62. The summed E-state index contributed by atoms with van der Waals surface area (Å²) in [5.41, 5.74) is 4.25. The lowest BCUT2D eigenvalue weighted by atomic mass is 9.95. The van der Waals surface area contributed by atoms with Crippen molar-refractivity contribution in [3.63, 3.8) is 0 Å². The lowest BCUT2D eigenvalue weighted by Crippen LogP contribution is -2.29. The molecule has 0 radical (unpaired) electrons. The second kappa shape index (κ2) is 7.70. The quantitative estimate of drug-likeness (QED) is 0.788. The molecular weight excluding hydrogens is 278 g/mol. The molecule has 0 saturated heterocycles. The minimum atomic E-state index is 0.591. The van der Waals surface area contributed by atoms with Crippen LogP contribution in [0.5, 0.6) is 0 Å². The highest BCUT2D eigenvalue weighted by atomic mass is 14.9. The first-order valence-corrected chi connectivity index (χ1v) is 8.44. The van der Waals surface area contributed by atoms with Crippen molar-refractivity contribution in [1.29, 1.82) is 0 Å². The van der Waals surface area contributed by atoms with Gasteiger partial charge in [-0.2, -0.15) is 0 Å². The monoisotopic (exact) mass is 301 g/mol. The first-order chi connectivity index (χ1) is 11.3. The third-order valence-electron chi connectivity index (χ3n) is 4.34. The van der Waals surface area contributed by atoms with Crippen molar-refractivity contribution < 1.29 is 0 Å². The topological polar surface area (TPSA) is 12.0 Å². The predicted molar refractivity (Wildman–Crippen MR) is 97.9 cm³/mol. The van der Waals surface area contributed by atoms with E-state index in [-0.39, 0.29) is 0 Å². The van der Waals surface area contributed by atoms with Crippen LogP contribution in [-0.2, 0) is 0 Å². The van der Waals surface area contributed by atoms with Gasteiger partial charge in [0.25, 0.3) is 0 Å². The molecule has 1 fully saturated rings. The molecule has 116 valence electrons. The van der Waals surface area contributed by atoms with Crippen molar-refractivity contribution in [3.8, 4) is 11.8 Å². The van der Waals surface area contributed by atoms with E-state index >= 15 is 0 Å². The Morgan fingerprint density at radius 3 is 2.09 bits per heavy atom. The Morgan fingerprint density at radius 2 is 1.43 bits per heavy atom. The van der Waals surface area contributed by atoms with Crippen LogP contribution in [0.1, 0.15) is 48.8 Å². The molecule has 1 aliphatic carbocycles. The zero-order valence-corrected chi connectivity index (χ0v) is 13.5. The van der Waals surface area contributed by atoms with Gasteiger partial charge in [-0.05, 0) is 42.7 Å². The van der Waals surface area contributed by atoms with Crippen molar-refractivity contribution in [2.75, 3.05) is 0 Å². The summed E-state index contributed by atoms with van der Waals surface area (Å²) in [6.07, 6.45) is 6.57. The fourth-order valence-corrected chi connectivity index (χ4v) is 3.00. The van der Waals surface area contributed by atoms with E-state index in [0.717, 1.165) is 22.4 Å². The minimum Gasteiger partial charge on any atom is -0.382 e. The van der Waals surface area contributed by atoms with Crippen LogP contribution in [0, 0.1) is 11.8 Å². The summed E-state index contributed by atoms with van der Waals surface area (Å²) in [6.45, 7) is 4.20. The zero-order chi connectivity index (χ0) is 15.9. The highest BCUT2D eigenvalue weighted by Gasteiger charge is 2.13. The Kier molecular flexibility index (Phi) is 5.17. The molecular formula is C22H23N. The van der Waals surface area contributed by atoms with Crippen molar-refractivity contribution in [2.24, 2.45) is 0 Å². The maximum absolute atomic E-state index is 4.20. The third kappa shape index (κ3) is 4.50. The standard InChI is InChI=1S/C22H23N/c1-18(23-22-10-6-3-7-11-22)21-16-14-20(15-17-21)13-12-19-8-4-2-5-9-19/h2,4-5,8-9,14-17,22-23H,1,3,6-7,10-11H2. The van der Waals surface area contributed by atoms with Crippen LogP contribution in [0.25, 0.3) is 5.70 Å². The predicted octanol–water partition coefficient (Wildman–Crippen LogP) is 4.98. The van der Waals surface area contributed by atoms with Gasteiger partial charge in [0.1, 0.15) is 0 Å². The van der Waals surface area contributed by atoms with E-state index in [9.17, 15) is 0 Å². The third-order valence-corrected chi connectivity index (χ3v) is 4.34. The van der Waals surface area contributed by atoms with Crippen LogP contribution in [0.3, 0.4) is 0 Å². The van der Waals surface area contributed by atoms with E-state index in [2.05, 4.69) is 48.0 Å². The molecule has 1 saturated carbocycles. The van der Waals surface area contributed by atoms with E-state index in [0.29, 0.717) is 6.04 Å². The fraction of sp³-hybridized carbons (Fsp3) is 0.273. The highest BCUT2D eigenvalue weighted by molar-refractivity contribution is 5.62. The Morgan fingerprint density at radius 1 is 0.826 bits per heavy atom. The zero-order valence-electron chi connectivity index (χ0n) is 13.5. The second-order valence-corrected chi connectivity index (χ2v) is 6.15. The van der Waals surface area contributed by atoms with Gasteiger partial charge < -0.3 is 5.32 Å². The maximum atomic E-state index is 4.20. The largest absolute Gasteiger partial charge is 0.382 e. The molecule has 23 heavy (non-hydrogen) atoms. The van der Waals surface area contributed by atoms with Crippen LogP contribution in [-0.4, -0.2) is 6.04 Å². The van der Waals surface area contributed by atoms with Crippen LogP contribution in [0.15, 0.2) is 61.2 Å². The molecule has 1 heteroatoms. The normalized spacial score (nSPS) is 14.6. The molecule has 0 spiro atoms. The SMILES string of the molecule is C=C(NC1CCCCC1)c1ccc(C#Cc2ccccc2)cc1. The van der Waals surface area contributed by atoms with Crippen LogP contribution < -0.4 is 5.32 Å². The molecule has 2 aromatic rings. The average Bonchev–Trinajstić information content (AvgIpc) is 2.62. The first-order valence-electron chi connectivity index (χ1n) is 8.44. The van der Waals surface area contributed by atoms with E-state index in [1.165, 1.54) is 32.1 Å². The van der Waals surface area contributed by atoms with E-state index in [4.69, 9.17) is 0 Å². The molecule has 0 heterocycles. The summed E-state index contributed by atoms with van der Waals surface area (Å²) in [6, 6.07) is 19.0. The average molecular weight is 301 g/mol. The van der Waals surface area contributed by atoms with Gasteiger partial charge in [-0.25, -0.2) is 0 Å². The second-order valence-electron chi connectivity index (χ2n) is 6.15. The molecule has 1 nitrogen and oxygen atoms in total. The highest BCUT2D eigenvalue weighted by Crippen LogP contribution is 2.20. The molecule has 0 unspecified atom stereocenters. The number of nitrogens with one attached hydrogen (secondary N) is 1. The lowest BCUT2D eigenvalue weighted by Gasteiger charge is -2.25. The van der Waals surface area contributed by atoms with Crippen LogP contribution >= 0.6 is 0 Å². The van der Waals surface area contributed by atoms with E-state index < -0.39 is 0 Å². The number of benzene rings is 2. The fourth-order valence-electron chi connectivity index (χ4n) is 3.00. The van der Waals surface area contributed by atoms with Gasteiger partial charge in [0.05, 0.1) is 0 Å². The molecule has 0 aliphatic heterocycles. The summed E-state index contributed by atoms with van der Waals surface area (Å²) in [5, 5.41) is 3.58. The summed E-state index contributed by atoms with van der Waals surface area (Å²) in [5.74, 6) is 6.40. The van der Waals surface area contributed by atoms with Gasteiger partial charge in [-0.3, -0.25) is 0 Å². The molecule has 1 N–H and O–H groups in total. The van der Waals surface area contributed by atoms with Gasteiger partial charge in [0, 0.05) is 22.9 Å². The summed E-state index contributed by atoms with van der Waals surface area (Å²) >= 11 is 0. The molecule has 3 rings (SSSR count). The van der Waals surface area contributed by atoms with Gasteiger partial charge >= 0.3 is 0 Å². The van der Waals surface area contributed by atoms with Crippen LogP contribution in [0.4, 0.5) is 0 Å². The molecule has 0 atom stereocenters. The van der Waals surface area contributed by atoms with Crippen molar-refractivity contribution in [3.05, 3.63) is 77.9 Å². The molecule has 2 aromatic carbocycles. The Hall–Kier alpha value is -2.46. The summed E-state index contributed by atoms with van der Waals surface area (Å²) in [7, 11) is 0. The Bertz CT molecular complexity index is 695. The van der Waals surface area contributed by atoms with Gasteiger partial charge in [-0.1, -0.05) is 68.0 Å². The number of hydrogen-bond acceptors (Lipinski definition) is 1.